The van der Waals surface area contributed by atoms with Crippen LogP contribution in [0, 0.1) is 5.92 Å². The highest BCUT2D eigenvalue weighted by atomic mass is 16.5. The number of aryl methyl sites for hydroxylation is 1. The van der Waals surface area contributed by atoms with Crippen LogP contribution in [0.4, 0.5) is 0 Å². The highest BCUT2D eigenvalue weighted by Gasteiger charge is 2.45. The van der Waals surface area contributed by atoms with Gasteiger partial charge in [0, 0.05) is 32.1 Å². The summed E-state index contributed by atoms with van der Waals surface area (Å²) >= 11 is 0. The van der Waals surface area contributed by atoms with Gasteiger partial charge in [0.25, 0.3) is 0 Å². The van der Waals surface area contributed by atoms with E-state index in [0.29, 0.717) is 11.8 Å². The summed E-state index contributed by atoms with van der Waals surface area (Å²) in [4.78, 5) is 17.4. The first-order valence-electron chi connectivity index (χ1n) is 10.4. The highest BCUT2D eigenvalue weighted by Crippen LogP contribution is 2.48. The van der Waals surface area contributed by atoms with Crippen LogP contribution >= 0.6 is 0 Å². The summed E-state index contributed by atoms with van der Waals surface area (Å²) in [5.41, 5.74) is 2.59. The van der Waals surface area contributed by atoms with Gasteiger partial charge in [-0.25, -0.2) is 0 Å². The molecule has 1 heterocycles. The van der Waals surface area contributed by atoms with Gasteiger partial charge < -0.3 is 9.64 Å². The fraction of sp³-hybridized carbons (Fsp3) is 0.458. The monoisotopic (exact) mass is 378 g/mol. The largest absolute Gasteiger partial charge is 0.496 e. The second-order valence-electron chi connectivity index (χ2n) is 7.94. The fourth-order valence-corrected chi connectivity index (χ4v) is 4.37. The standard InChI is InChI=1S/C24H30N2O2/c1-28-23-12-6-5-10-20(23)11-7-13-25-14-16-26(17-15-25)24(27)22-18-21(22)19-8-3-2-4-9-19/h2-6,8-10,12,21-22H,7,11,13-18H2,1H3. The van der Waals surface area contributed by atoms with Gasteiger partial charge >= 0.3 is 0 Å². The number of carbonyl (C=O) groups excluding carboxylic acids is 1. The molecule has 2 aromatic rings. The molecule has 2 aromatic carbocycles. The average Bonchev–Trinajstić information content (AvgIpc) is 3.56. The molecule has 0 aromatic heterocycles. The van der Waals surface area contributed by atoms with E-state index in [0.717, 1.165) is 57.7 Å². The molecule has 4 rings (SSSR count). The predicted octanol–water partition coefficient (Wildman–Crippen LogP) is 3.58. The first-order chi connectivity index (χ1) is 13.8. The van der Waals surface area contributed by atoms with Gasteiger partial charge in [0.05, 0.1) is 7.11 Å². The van der Waals surface area contributed by atoms with E-state index < -0.39 is 0 Å². The van der Waals surface area contributed by atoms with Crippen LogP contribution in [0.3, 0.4) is 0 Å². The van der Waals surface area contributed by atoms with Crippen LogP contribution in [-0.4, -0.2) is 55.5 Å². The van der Waals surface area contributed by atoms with Crippen LogP contribution in [-0.2, 0) is 11.2 Å². The molecule has 1 saturated carbocycles. The van der Waals surface area contributed by atoms with Crippen LogP contribution in [0.1, 0.15) is 29.9 Å². The molecule has 0 N–H and O–H groups in total. The third-order valence-electron chi connectivity index (χ3n) is 6.13. The SMILES string of the molecule is COc1ccccc1CCCN1CCN(C(=O)C2CC2c2ccccc2)CC1. The third-order valence-corrected chi connectivity index (χ3v) is 6.13. The maximum absolute atomic E-state index is 12.8. The summed E-state index contributed by atoms with van der Waals surface area (Å²) in [6, 6.07) is 18.7. The molecule has 2 unspecified atom stereocenters. The van der Waals surface area contributed by atoms with E-state index in [1.54, 1.807) is 7.11 Å². The summed E-state index contributed by atoms with van der Waals surface area (Å²) in [6.07, 6.45) is 3.17. The third kappa shape index (κ3) is 4.39. The van der Waals surface area contributed by atoms with Crippen molar-refractivity contribution < 1.29 is 9.53 Å². The lowest BCUT2D eigenvalue weighted by Gasteiger charge is -2.35. The molecule has 1 aliphatic heterocycles. The second-order valence-corrected chi connectivity index (χ2v) is 7.94. The molecule has 1 aliphatic carbocycles. The minimum absolute atomic E-state index is 0.208. The van der Waals surface area contributed by atoms with Gasteiger partial charge in [-0.3, -0.25) is 9.69 Å². The smallest absolute Gasteiger partial charge is 0.226 e. The molecular formula is C24H30N2O2. The van der Waals surface area contributed by atoms with Crippen molar-refractivity contribution in [1.29, 1.82) is 0 Å². The van der Waals surface area contributed by atoms with Crippen molar-refractivity contribution in [3.8, 4) is 5.75 Å². The summed E-state index contributed by atoms with van der Waals surface area (Å²) < 4.78 is 5.44. The number of piperazine rings is 1. The minimum Gasteiger partial charge on any atom is -0.496 e. The normalized spacial score (nSPS) is 22.1. The molecule has 2 aliphatic rings. The van der Waals surface area contributed by atoms with E-state index in [1.807, 2.05) is 18.2 Å². The molecular weight excluding hydrogens is 348 g/mol. The van der Waals surface area contributed by atoms with Crippen LogP contribution in [0.5, 0.6) is 5.75 Å². The number of para-hydroxylation sites is 1. The molecule has 148 valence electrons. The van der Waals surface area contributed by atoms with E-state index in [2.05, 4.69) is 46.2 Å². The molecule has 0 spiro atoms. The summed E-state index contributed by atoms with van der Waals surface area (Å²) in [7, 11) is 1.73. The molecule has 28 heavy (non-hydrogen) atoms. The van der Waals surface area contributed by atoms with Gasteiger partial charge in [-0.2, -0.15) is 0 Å². The summed E-state index contributed by atoms with van der Waals surface area (Å²) in [5, 5.41) is 0. The Balaban J connectivity index is 1.19. The van der Waals surface area contributed by atoms with Gasteiger partial charge in [-0.1, -0.05) is 48.5 Å². The zero-order valence-electron chi connectivity index (χ0n) is 16.7. The molecule has 0 radical (unpaired) electrons. The number of ether oxygens (including phenoxy) is 1. The Morgan fingerprint density at radius 2 is 1.71 bits per heavy atom. The van der Waals surface area contributed by atoms with E-state index in [4.69, 9.17) is 4.74 Å². The lowest BCUT2D eigenvalue weighted by atomic mass is 10.1. The Hall–Kier alpha value is -2.33. The van der Waals surface area contributed by atoms with Gasteiger partial charge in [-0.15, -0.1) is 0 Å². The van der Waals surface area contributed by atoms with Crippen molar-refractivity contribution in [1.82, 2.24) is 9.80 Å². The van der Waals surface area contributed by atoms with Crippen LogP contribution in [0.15, 0.2) is 54.6 Å². The topological polar surface area (TPSA) is 32.8 Å². The van der Waals surface area contributed by atoms with Crippen molar-refractivity contribution >= 4 is 5.91 Å². The Bertz CT molecular complexity index is 784. The Morgan fingerprint density at radius 1 is 1.00 bits per heavy atom. The van der Waals surface area contributed by atoms with Crippen molar-refractivity contribution in [2.24, 2.45) is 5.92 Å². The van der Waals surface area contributed by atoms with Gasteiger partial charge in [-0.05, 0) is 48.9 Å². The van der Waals surface area contributed by atoms with E-state index in [-0.39, 0.29) is 5.92 Å². The van der Waals surface area contributed by atoms with Crippen molar-refractivity contribution in [2.45, 2.75) is 25.2 Å². The first-order valence-corrected chi connectivity index (χ1v) is 10.4. The molecule has 2 atom stereocenters. The zero-order valence-corrected chi connectivity index (χ0v) is 16.7. The highest BCUT2D eigenvalue weighted by molar-refractivity contribution is 5.83. The number of carbonyl (C=O) groups is 1. The fourth-order valence-electron chi connectivity index (χ4n) is 4.37. The quantitative estimate of drug-likeness (QED) is 0.738. The first kappa shape index (κ1) is 19.0. The van der Waals surface area contributed by atoms with Crippen molar-refractivity contribution in [3.05, 3.63) is 65.7 Å². The molecule has 1 saturated heterocycles. The predicted molar refractivity (Wildman–Crippen MR) is 112 cm³/mol. The van der Waals surface area contributed by atoms with Crippen LogP contribution < -0.4 is 4.74 Å². The molecule has 2 fully saturated rings. The number of hydrogen-bond donors (Lipinski definition) is 0. The van der Waals surface area contributed by atoms with E-state index in [1.165, 1.54) is 11.1 Å². The zero-order chi connectivity index (χ0) is 19.3. The van der Waals surface area contributed by atoms with Crippen LogP contribution in [0.25, 0.3) is 0 Å². The van der Waals surface area contributed by atoms with E-state index in [9.17, 15) is 4.79 Å². The number of benzene rings is 2. The van der Waals surface area contributed by atoms with Crippen molar-refractivity contribution in [3.63, 3.8) is 0 Å². The molecule has 4 heteroatoms. The summed E-state index contributed by atoms with van der Waals surface area (Å²) in [6.45, 7) is 4.79. The van der Waals surface area contributed by atoms with E-state index >= 15 is 0 Å². The number of amides is 1. The van der Waals surface area contributed by atoms with Crippen LogP contribution in [0.2, 0.25) is 0 Å². The average molecular weight is 379 g/mol. The number of rotatable bonds is 7. The molecule has 1 amide bonds. The van der Waals surface area contributed by atoms with Crippen molar-refractivity contribution in [2.75, 3.05) is 39.8 Å². The molecule has 0 bridgehead atoms. The Kier molecular flexibility index (Phi) is 5.96. The molecule has 4 nitrogen and oxygen atoms in total. The maximum atomic E-state index is 12.8. The van der Waals surface area contributed by atoms with Gasteiger partial charge in [0.2, 0.25) is 5.91 Å². The number of methoxy groups -OCH3 is 1. The minimum atomic E-state index is 0.208. The van der Waals surface area contributed by atoms with Gasteiger partial charge in [0.15, 0.2) is 0 Å². The Labute approximate surface area is 168 Å². The second kappa shape index (κ2) is 8.78. The number of nitrogens with zero attached hydrogens (tertiary/aromatic N) is 2. The Morgan fingerprint density at radius 3 is 2.46 bits per heavy atom. The number of hydrogen-bond acceptors (Lipinski definition) is 3. The van der Waals surface area contributed by atoms with Gasteiger partial charge in [0.1, 0.15) is 5.75 Å². The maximum Gasteiger partial charge on any atom is 0.226 e. The lowest BCUT2D eigenvalue weighted by molar-refractivity contribution is -0.134. The summed E-state index contributed by atoms with van der Waals surface area (Å²) in [5.74, 6) is 1.99. The lowest BCUT2D eigenvalue weighted by Crippen LogP contribution is -2.49.